The third kappa shape index (κ3) is 3.44. The zero-order valence-corrected chi connectivity index (χ0v) is 15.1. The molecule has 7 nitrogen and oxygen atoms in total. The minimum atomic E-state index is -1.06. The standard InChI is InChI=1S/C17H14N4O3S2/c22-14(21-17-19-8-13(26-17)15(23)24)12-7-18-16(25-12)20-11-5-9-3-1-2-4-10(9)6-11/h1-4,7-8,11H,5-6H2,(H,18,20)(H,23,24)(H,19,21,22). The molecule has 0 spiro atoms. The van der Waals surface area contributed by atoms with Crippen molar-refractivity contribution in [3.05, 3.63) is 57.5 Å². The highest BCUT2D eigenvalue weighted by molar-refractivity contribution is 7.18. The number of aromatic carboxylic acids is 1. The molecule has 9 heteroatoms. The van der Waals surface area contributed by atoms with Gasteiger partial charge in [-0.25, -0.2) is 14.8 Å². The van der Waals surface area contributed by atoms with Gasteiger partial charge in [0.15, 0.2) is 10.3 Å². The molecule has 2 heterocycles. The average Bonchev–Trinajstić information content (AvgIpc) is 3.33. The number of hydrogen-bond donors (Lipinski definition) is 3. The van der Waals surface area contributed by atoms with Crippen LogP contribution in [0.1, 0.15) is 30.5 Å². The van der Waals surface area contributed by atoms with Gasteiger partial charge in [0.2, 0.25) is 0 Å². The van der Waals surface area contributed by atoms with Crippen LogP contribution >= 0.6 is 22.7 Å². The second-order valence-electron chi connectivity index (χ2n) is 5.84. The van der Waals surface area contributed by atoms with Gasteiger partial charge in [-0.15, -0.1) is 0 Å². The number of carbonyl (C=O) groups excluding carboxylic acids is 1. The Balaban J connectivity index is 1.38. The summed E-state index contributed by atoms with van der Waals surface area (Å²) < 4.78 is 0. The molecule has 26 heavy (non-hydrogen) atoms. The molecule has 2 aromatic heterocycles. The maximum atomic E-state index is 12.3. The molecule has 4 rings (SSSR count). The molecule has 0 bridgehead atoms. The van der Waals surface area contributed by atoms with Crippen LogP contribution in [-0.2, 0) is 12.8 Å². The van der Waals surface area contributed by atoms with E-state index in [0.717, 1.165) is 24.2 Å². The van der Waals surface area contributed by atoms with Gasteiger partial charge in [0, 0.05) is 6.04 Å². The lowest BCUT2D eigenvalue weighted by atomic mass is 10.1. The molecule has 3 N–H and O–H groups in total. The molecule has 0 aliphatic heterocycles. The highest BCUT2D eigenvalue weighted by Gasteiger charge is 2.22. The van der Waals surface area contributed by atoms with Crippen molar-refractivity contribution in [1.29, 1.82) is 0 Å². The molecular formula is C17H14N4O3S2. The summed E-state index contributed by atoms with van der Waals surface area (Å²) >= 11 is 2.18. The predicted octanol–water partition coefficient (Wildman–Crippen LogP) is 3.13. The quantitative estimate of drug-likeness (QED) is 0.622. The minimum absolute atomic E-state index is 0.0766. The lowest BCUT2D eigenvalue weighted by Crippen LogP contribution is -2.19. The smallest absolute Gasteiger partial charge is 0.347 e. The van der Waals surface area contributed by atoms with Gasteiger partial charge >= 0.3 is 5.97 Å². The number of carboxylic acid groups (broad SMARTS) is 1. The normalized spacial score (nSPS) is 13.4. The first-order chi connectivity index (χ1) is 12.6. The summed E-state index contributed by atoms with van der Waals surface area (Å²) in [7, 11) is 0. The van der Waals surface area contributed by atoms with E-state index in [1.165, 1.54) is 34.9 Å². The van der Waals surface area contributed by atoms with E-state index >= 15 is 0 Å². The fourth-order valence-corrected chi connectivity index (χ4v) is 4.31. The van der Waals surface area contributed by atoms with Crippen molar-refractivity contribution in [1.82, 2.24) is 9.97 Å². The Morgan fingerprint density at radius 3 is 2.27 bits per heavy atom. The Labute approximate surface area is 156 Å². The molecule has 0 saturated carbocycles. The molecule has 0 atom stereocenters. The maximum absolute atomic E-state index is 12.3. The molecule has 0 radical (unpaired) electrons. The van der Waals surface area contributed by atoms with Crippen molar-refractivity contribution in [2.24, 2.45) is 0 Å². The largest absolute Gasteiger partial charge is 0.477 e. The van der Waals surface area contributed by atoms with Crippen molar-refractivity contribution in [3.8, 4) is 0 Å². The Hall–Kier alpha value is -2.78. The van der Waals surface area contributed by atoms with Crippen molar-refractivity contribution in [2.75, 3.05) is 10.6 Å². The zero-order chi connectivity index (χ0) is 18.1. The van der Waals surface area contributed by atoms with E-state index < -0.39 is 5.97 Å². The van der Waals surface area contributed by atoms with Gasteiger partial charge in [-0.3, -0.25) is 10.1 Å². The first-order valence-electron chi connectivity index (χ1n) is 7.88. The summed E-state index contributed by atoms with van der Waals surface area (Å²) in [4.78, 5) is 31.8. The molecule has 0 fully saturated rings. The van der Waals surface area contributed by atoms with Crippen LogP contribution in [0.3, 0.4) is 0 Å². The van der Waals surface area contributed by atoms with E-state index in [-0.39, 0.29) is 22.0 Å². The van der Waals surface area contributed by atoms with Crippen molar-refractivity contribution in [2.45, 2.75) is 18.9 Å². The second-order valence-corrected chi connectivity index (χ2v) is 7.90. The third-order valence-corrected chi connectivity index (χ3v) is 5.87. The SMILES string of the molecule is O=C(O)c1cnc(NC(=O)c2cnc(NC3Cc4ccccc4C3)s2)s1. The molecule has 132 valence electrons. The van der Waals surface area contributed by atoms with Gasteiger partial charge in [0.05, 0.1) is 12.4 Å². The van der Waals surface area contributed by atoms with Crippen LogP contribution in [0.4, 0.5) is 10.3 Å². The van der Waals surface area contributed by atoms with E-state index in [4.69, 9.17) is 5.11 Å². The molecule has 1 aliphatic rings. The molecule has 3 aromatic rings. The van der Waals surface area contributed by atoms with E-state index in [9.17, 15) is 9.59 Å². The summed E-state index contributed by atoms with van der Waals surface area (Å²) in [6, 6.07) is 8.63. The van der Waals surface area contributed by atoms with Gasteiger partial charge in [-0.1, -0.05) is 46.9 Å². The molecule has 0 saturated heterocycles. The molecule has 1 aromatic carbocycles. The van der Waals surface area contributed by atoms with E-state index in [2.05, 4.69) is 32.7 Å². The number of aromatic nitrogens is 2. The molecule has 1 aliphatic carbocycles. The first kappa shape index (κ1) is 16.7. The average molecular weight is 386 g/mol. The number of carbonyl (C=O) groups is 2. The van der Waals surface area contributed by atoms with Crippen molar-refractivity contribution in [3.63, 3.8) is 0 Å². The van der Waals surface area contributed by atoms with Crippen LogP contribution in [0, 0.1) is 0 Å². The first-order valence-corrected chi connectivity index (χ1v) is 9.51. The van der Waals surface area contributed by atoms with Gasteiger partial charge in [0.1, 0.15) is 9.75 Å². The number of fused-ring (bicyclic) bond motifs is 1. The number of hydrogen-bond acceptors (Lipinski definition) is 7. The summed E-state index contributed by atoms with van der Waals surface area (Å²) in [6.07, 6.45) is 4.61. The number of anilines is 2. The summed E-state index contributed by atoms with van der Waals surface area (Å²) in [5.41, 5.74) is 2.69. The van der Waals surface area contributed by atoms with E-state index in [1.807, 2.05) is 12.1 Å². The number of nitrogens with one attached hydrogen (secondary N) is 2. The topological polar surface area (TPSA) is 104 Å². The number of rotatable bonds is 5. The van der Waals surface area contributed by atoms with Crippen LogP contribution in [0.2, 0.25) is 0 Å². The van der Waals surface area contributed by atoms with Gasteiger partial charge in [-0.2, -0.15) is 0 Å². The number of thiazole rings is 2. The van der Waals surface area contributed by atoms with E-state index in [1.54, 1.807) is 0 Å². The summed E-state index contributed by atoms with van der Waals surface area (Å²) in [6.45, 7) is 0. The highest BCUT2D eigenvalue weighted by Crippen LogP contribution is 2.27. The number of amides is 1. The predicted molar refractivity (Wildman–Crippen MR) is 100 cm³/mol. The lowest BCUT2D eigenvalue weighted by Gasteiger charge is -2.09. The van der Waals surface area contributed by atoms with Crippen LogP contribution < -0.4 is 10.6 Å². The maximum Gasteiger partial charge on any atom is 0.347 e. The van der Waals surface area contributed by atoms with Gasteiger partial charge < -0.3 is 10.4 Å². The summed E-state index contributed by atoms with van der Waals surface area (Å²) in [5, 5.41) is 15.8. The van der Waals surface area contributed by atoms with Crippen LogP contribution in [-0.4, -0.2) is 33.0 Å². The molecule has 1 amide bonds. The highest BCUT2D eigenvalue weighted by atomic mass is 32.1. The Morgan fingerprint density at radius 2 is 1.62 bits per heavy atom. The van der Waals surface area contributed by atoms with Gasteiger partial charge in [-0.05, 0) is 24.0 Å². The Bertz CT molecular complexity index is 957. The van der Waals surface area contributed by atoms with Gasteiger partial charge in [0.25, 0.3) is 5.91 Å². The molecular weight excluding hydrogens is 372 g/mol. The van der Waals surface area contributed by atoms with Crippen molar-refractivity contribution >= 4 is 44.8 Å². The Kier molecular flexibility index (Phi) is 4.39. The minimum Gasteiger partial charge on any atom is -0.477 e. The fraction of sp³-hybridized carbons (Fsp3) is 0.176. The number of carboxylic acids is 1. The third-order valence-electron chi connectivity index (χ3n) is 4.05. The number of benzene rings is 1. The molecule has 0 unspecified atom stereocenters. The van der Waals surface area contributed by atoms with E-state index in [0.29, 0.717) is 10.0 Å². The van der Waals surface area contributed by atoms with Crippen molar-refractivity contribution < 1.29 is 14.7 Å². The summed E-state index contributed by atoms with van der Waals surface area (Å²) in [5.74, 6) is -1.42. The van der Waals surface area contributed by atoms with Crippen LogP contribution in [0.5, 0.6) is 0 Å². The Morgan fingerprint density at radius 1 is 1.00 bits per heavy atom. The fourth-order valence-electron chi connectivity index (χ4n) is 2.87. The van der Waals surface area contributed by atoms with Crippen LogP contribution in [0.15, 0.2) is 36.7 Å². The lowest BCUT2D eigenvalue weighted by molar-refractivity contribution is 0.0701. The second kappa shape index (κ2) is 6.85. The van der Waals surface area contributed by atoms with Crippen LogP contribution in [0.25, 0.3) is 0 Å². The number of nitrogens with zero attached hydrogens (tertiary/aromatic N) is 2. The zero-order valence-electron chi connectivity index (χ0n) is 13.4. The monoisotopic (exact) mass is 386 g/mol.